The van der Waals surface area contributed by atoms with Gasteiger partial charge in [0.15, 0.2) is 0 Å². The second kappa shape index (κ2) is 8.18. The molecule has 0 aliphatic rings. The van der Waals surface area contributed by atoms with Gasteiger partial charge < -0.3 is 20.5 Å². The average Bonchev–Trinajstić information content (AvgIpc) is 3.20. The van der Waals surface area contributed by atoms with Crippen molar-refractivity contribution in [3.8, 4) is 6.07 Å². The molecule has 7 nitrogen and oxygen atoms in total. The number of hydrogen-bond acceptors (Lipinski definition) is 6. The largest absolute Gasteiger partial charge is 0.432 e. The molecule has 3 N–H and O–H groups in total. The molecule has 1 amide bonds. The van der Waals surface area contributed by atoms with Gasteiger partial charge in [0.1, 0.15) is 6.26 Å². The first-order valence-electron chi connectivity index (χ1n) is 8.69. The molecule has 0 radical (unpaired) electrons. The van der Waals surface area contributed by atoms with Crippen molar-refractivity contribution in [3.05, 3.63) is 71.1 Å². The fraction of sp³-hybridized carbons (Fsp3) is 0.143. The predicted octanol–water partition coefficient (Wildman–Crippen LogP) is 4.66. The summed E-state index contributed by atoms with van der Waals surface area (Å²) in [7, 11) is 0. The summed E-state index contributed by atoms with van der Waals surface area (Å²) in [4.78, 5) is 16.9. The Labute approximate surface area is 162 Å². The van der Waals surface area contributed by atoms with Crippen LogP contribution in [0.1, 0.15) is 46.8 Å². The first kappa shape index (κ1) is 18.9. The zero-order valence-corrected chi connectivity index (χ0v) is 15.5. The third kappa shape index (κ3) is 3.91. The van der Waals surface area contributed by atoms with E-state index in [0.29, 0.717) is 28.1 Å². The van der Waals surface area contributed by atoms with Crippen LogP contribution in [0, 0.1) is 16.7 Å². The number of nitrogens with zero attached hydrogens (tertiary/aromatic N) is 2. The van der Waals surface area contributed by atoms with Crippen molar-refractivity contribution >= 4 is 29.5 Å². The highest BCUT2D eigenvalue weighted by molar-refractivity contribution is 6.06. The third-order valence-corrected chi connectivity index (χ3v) is 4.19. The van der Waals surface area contributed by atoms with Gasteiger partial charge in [-0.15, -0.1) is 0 Å². The summed E-state index contributed by atoms with van der Waals surface area (Å²) >= 11 is 0. The number of hydrogen-bond donors (Lipinski definition) is 3. The van der Waals surface area contributed by atoms with E-state index >= 15 is 0 Å². The first-order valence-corrected chi connectivity index (χ1v) is 8.69. The highest BCUT2D eigenvalue weighted by Gasteiger charge is 2.18. The summed E-state index contributed by atoms with van der Waals surface area (Å²) in [5, 5.41) is 22.7. The molecule has 0 saturated heterocycles. The molecule has 140 valence electrons. The van der Waals surface area contributed by atoms with Crippen molar-refractivity contribution in [2.45, 2.75) is 19.8 Å². The standard InChI is InChI=1S/C21H19N5O2/c1-13(2)19-15(12-23)4-3-5-17(19)20(27)25-16-7-6-14(11-22)18(10-16)26-21-24-8-9-28-21/h3-11,13,22H,1-2H3,(H,24,26)(H,25,27). The monoisotopic (exact) mass is 373 g/mol. The molecule has 2 aromatic carbocycles. The highest BCUT2D eigenvalue weighted by Crippen LogP contribution is 2.26. The van der Waals surface area contributed by atoms with Gasteiger partial charge in [-0.25, -0.2) is 4.98 Å². The minimum absolute atomic E-state index is 0.0270. The van der Waals surface area contributed by atoms with Gasteiger partial charge in [-0.3, -0.25) is 4.79 Å². The molecule has 0 fully saturated rings. The molecule has 0 bridgehead atoms. The van der Waals surface area contributed by atoms with Gasteiger partial charge in [0.2, 0.25) is 0 Å². The lowest BCUT2D eigenvalue weighted by molar-refractivity contribution is 0.102. The number of oxazole rings is 1. The maximum Gasteiger partial charge on any atom is 0.299 e. The van der Waals surface area contributed by atoms with Crippen molar-refractivity contribution in [3.63, 3.8) is 0 Å². The van der Waals surface area contributed by atoms with Gasteiger partial charge in [-0.2, -0.15) is 5.26 Å². The van der Waals surface area contributed by atoms with Gasteiger partial charge in [0.05, 0.1) is 23.5 Å². The maximum absolute atomic E-state index is 12.9. The van der Waals surface area contributed by atoms with Crippen LogP contribution in [-0.4, -0.2) is 17.1 Å². The van der Waals surface area contributed by atoms with Gasteiger partial charge in [-0.1, -0.05) is 19.9 Å². The first-order chi connectivity index (χ1) is 13.5. The number of amides is 1. The summed E-state index contributed by atoms with van der Waals surface area (Å²) in [6, 6.07) is 12.7. The van der Waals surface area contributed by atoms with Crippen LogP contribution in [0.4, 0.5) is 17.4 Å². The molecule has 0 aliphatic carbocycles. The molecular weight excluding hydrogens is 354 g/mol. The molecule has 0 unspecified atom stereocenters. The molecule has 1 aromatic heterocycles. The third-order valence-electron chi connectivity index (χ3n) is 4.19. The lowest BCUT2D eigenvalue weighted by atomic mass is 9.92. The second-order valence-electron chi connectivity index (χ2n) is 6.40. The van der Waals surface area contributed by atoms with Crippen molar-refractivity contribution in [1.29, 1.82) is 10.7 Å². The Hall–Kier alpha value is -3.92. The van der Waals surface area contributed by atoms with Crippen LogP contribution in [0.3, 0.4) is 0 Å². The average molecular weight is 373 g/mol. The lowest BCUT2D eigenvalue weighted by Gasteiger charge is -2.15. The number of rotatable bonds is 6. The summed E-state index contributed by atoms with van der Waals surface area (Å²) in [5.41, 5.74) is 3.41. The summed E-state index contributed by atoms with van der Waals surface area (Å²) in [6.07, 6.45) is 4.14. The van der Waals surface area contributed by atoms with E-state index in [4.69, 9.17) is 9.83 Å². The number of benzene rings is 2. The Kier molecular flexibility index (Phi) is 5.51. The Morgan fingerprint density at radius 3 is 2.79 bits per heavy atom. The van der Waals surface area contributed by atoms with E-state index in [9.17, 15) is 10.1 Å². The minimum atomic E-state index is -0.300. The van der Waals surface area contributed by atoms with Crippen molar-refractivity contribution in [1.82, 2.24) is 4.98 Å². The molecule has 3 rings (SSSR count). The molecule has 7 heteroatoms. The van der Waals surface area contributed by atoms with E-state index in [1.807, 2.05) is 13.8 Å². The van der Waals surface area contributed by atoms with Gasteiger partial charge in [0.25, 0.3) is 11.9 Å². The maximum atomic E-state index is 12.9. The number of carbonyl (C=O) groups is 1. The van der Waals surface area contributed by atoms with Crippen molar-refractivity contribution in [2.75, 3.05) is 10.6 Å². The zero-order chi connectivity index (χ0) is 20.1. The topological polar surface area (TPSA) is 115 Å². The minimum Gasteiger partial charge on any atom is -0.432 e. The molecule has 28 heavy (non-hydrogen) atoms. The van der Waals surface area contributed by atoms with E-state index < -0.39 is 0 Å². The Morgan fingerprint density at radius 1 is 1.32 bits per heavy atom. The molecule has 0 saturated carbocycles. The molecule has 1 heterocycles. The van der Waals surface area contributed by atoms with E-state index in [2.05, 4.69) is 21.7 Å². The Bertz CT molecular complexity index is 1050. The number of carbonyl (C=O) groups excluding carboxylic acids is 1. The SMILES string of the molecule is CC(C)c1c(C#N)cccc1C(=O)Nc1ccc(C=N)c(Nc2ncco2)c1. The molecule has 3 aromatic rings. The van der Waals surface area contributed by atoms with Crippen molar-refractivity contribution < 1.29 is 9.21 Å². The van der Waals surface area contributed by atoms with Gasteiger partial charge in [0, 0.05) is 23.0 Å². The van der Waals surface area contributed by atoms with Crippen LogP contribution < -0.4 is 10.6 Å². The van der Waals surface area contributed by atoms with Crippen LogP contribution in [-0.2, 0) is 0 Å². The van der Waals surface area contributed by atoms with Crippen molar-refractivity contribution in [2.24, 2.45) is 0 Å². The summed E-state index contributed by atoms with van der Waals surface area (Å²) in [5.74, 6) is -0.273. The quantitative estimate of drug-likeness (QED) is 0.543. The number of anilines is 3. The van der Waals surface area contributed by atoms with Gasteiger partial charge >= 0.3 is 0 Å². The van der Waals surface area contributed by atoms with Gasteiger partial charge in [-0.05, 0) is 41.8 Å². The Balaban J connectivity index is 1.91. The van der Waals surface area contributed by atoms with E-state index in [1.165, 1.54) is 18.7 Å². The molecule has 0 spiro atoms. The summed E-state index contributed by atoms with van der Waals surface area (Å²) in [6.45, 7) is 3.90. The lowest BCUT2D eigenvalue weighted by Crippen LogP contribution is -2.16. The fourth-order valence-corrected chi connectivity index (χ4v) is 2.95. The van der Waals surface area contributed by atoms with Crippen LogP contribution in [0.25, 0.3) is 0 Å². The highest BCUT2D eigenvalue weighted by atomic mass is 16.4. The molecular formula is C21H19N5O2. The number of nitriles is 1. The zero-order valence-electron chi connectivity index (χ0n) is 15.5. The second-order valence-corrected chi connectivity index (χ2v) is 6.40. The number of nitrogens with one attached hydrogen (secondary N) is 3. The van der Waals surface area contributed by atoms with Crippen LogP contribution in [0.2, 0.25) is 0 Å². The normalized spacial score (nSPS) is 10.4. The van der Waals surface area contributed by atoms with E-state index in [0.717, 1.165) is 5.56 Å². The smallest absolute Gasteiger partial charge is 0.299 e. The predicted molar refractivity (Wildman–Crippen MR) is 107 cm³/mol. The van der Waals surface area contributed by atoms with Crippen LogP contribution in [0.5, 0.6) is 0 Å². The Morgan fingerprint density at radius 2 is 2.14 bits per heavy atom. The van der Waals surface area contributed by atoms with Crippen LogP contribution >= 0.6 is 0 Å². The molecule has 0 aliphatic heterocycles. The van der Waals surface area contributed by atoms with E-state index in [-0.39, 0.29) is 17.8 Å². The fourth-order valence-electron chi connectivity index (χ4n) is 2.95. The molecule has 0 atom stereocenters. The number of aromatic nitrogens is 1. The van der Waals surface area contributed by atoms with Crippen LogP contribution in [0.15, 0.2) is 53.3 Å². The van der Waals surface area contributed by atoms with E-state index in [1.54, 1.807) is 36.4 Å². The summed E-state index contributed by atoms with van der Waals surface area (Å²) < 4.78 is 5.18.